The van der Waals surface area contributed by atoms with Crippen molar-refractivity contribution >= 4 is 5.91 Å². The van der Waals surface area contributed by atoms with Crippen molar-refractivity contribution in [1.29, 1.82) is 0 Å². The summed E-state index contributed by atoms with van der Waals surface area (Å²) in [5.74, 6) is 1.68. The van der Waals surface area contributed by atoms with Crippen LogP contribution in [-0.4, -0.2) is 43.2 Å². The van der Waals surface area contributed by atoms with Crippen LogP contribution in [0.3, 0.4) is 0 Å². The summed E-state index contributed by atoms with van der Waals surface area (Å²) in [5.41, 5.74) is 1.89. The second-order valence-corrected chi connectivity index (χ2v) is 7.69. The van der Waals surface area contributed by atoms with Crippen LogP contribution < -0.4 is 14.8 Å². The molecule has 1 fully saturated rings. The first-order valence-corrected chi connectivity index (χ1v) is 10.6. The molecule has 5 heteroatoms. The Morgan fingerprint density at radius 1 is 1.03 bits per heavy atom. The summed E-state index contributed by atoms with van der Waals surface area (Å²) in [4.78, 5) is 14.6. The maximum atomic E-state index is 12.7. The smallest absolute Gasteiger partial charge is 0.253 e. The Hall–Kier alpha value is -2.53. The van der Waals surface area contributed by atoms with Crippen LogP contribution in [0.5, 0.6) is 11.5 Å². The van der Waals surface area contributed by atoms with E-state index in [1.807, 2.05) is 67.3 Å². The highest BCUT2D eigenvalue weighted by atomic mass is 16.5. The monoisotopic (exact) mass is 396 g/mol. The molecule has 0 aliphatic carbocycles. The number of ether oxygens (including phenoxy) is 2. The molecule has 1 N–H and O–H groups in total. The van der Waals surface area contributed by atoms with Crippen LogP contribution in [0, 0.1) is 0 Å². The Labute approximate surface area is 174 Å². The molecule has 3 rings (SSSR count). The average molecular weight is 397 g/mol. The molecular formula is C24H32N2O3. The lowest BCUT2D eigenvalue weighted by molar-refractivity contribution is 0.0724. The van der Waals surface area contributed by atoms with Crippen LogP contribution in [0.25, 0.3) is 0 Å². The second kappa shape index (κ2) is 10.9. The highest BCUT2D eigenvalue weighted by Crippen LogP contribution is 2.27. The van der Waals surface area contributed by atoms with Crippen molar-refractivity contribution in [2.45, 2.75) is 45.8 Å². The van der Waals surface area contributed by atoms with Crippen LogP contribution in [-0.2, 0) is 6.54 Å². The molecule has 5 nitrogen and oxygen atoms in total. The van der Waals surface area contributed by atoms with E-state index in [4.69, 9.17) is 9.47 Å². The van der Waals surface area contributed by atoms with Gasteiger partial charge in [0.1, 0.15) is 6.61 Å². The lowest BCUT2D eigenvalue weighted by Crippen LogP contribution is -2.35. The van der Waals surface area contributed by atoms with Crippen LogP contribution in [0.15, 0.2) is 48.5 Å². The number of benzene rings is 2. The summed E-state index contributed by atoms with van der Waals surface area (Å²) in [7, 11) is 0. The van der Waals surface area contributed by atoms with Gasteiger partial charge in [0.15, 0.2) is 11.5 Å². The summed E-state index contributed by atoms with van der Waals surface area (Å²) in [5, 5.41) is 3.39. The zero-order chi connectivity index (χ0) is 20.5. The quantitative estimate of drug-likeness (QED) is 0.643. The standard InChI is InChI=1S/C24H32N2O3/c1-19(2)29-23-12-5-4-11-22(23)28-16-13-25-18-20-9-8-10-21(17-20)24(27)26-14-6-3-7-15-26/h4-5,8-12,17,19,25H,3,6-7,13-16,18H2,1-2H3. The van der Waals surface area contributed by atoms with Gasteiger partial charge in [0.05, 0.1) is 6.10 Å². The molecule has 0 atom stereocenters. The molecule has 0 bridgehead atoms. The molecule has 1 aliphatic rings. The largest absolute Gasteiger partial charge is 0.488 e. The van der Waals surface area contributed by atoms with Gasteiger partial charge < -0.3 is 19.7 Å². The van der Waals surface area contributed by atoms with E-state index in [-0.39, 0.29) is 12.0 Å². The third-order valence-corrected chi connectivity index (χ3v) is 4.89. The van der Waals surface area contributed by atoms with Crippen molar-refractivity contribution in [2.24, 2.45) is 0 Å². The van der Waals surface area contributed by atoms with E-state index in [0.29, 0.717) is 19.7 Å². The normalized spacial score (nSPS) is 14.1. The molecule has 29 heavy (non-hydrogen) atoms. The van der Waals surface area contributed by atoms with Gasteiger partial charge in [-0.05, 0) is 62.9 Å². The van der Waals surface area contributed by atoms with E-state index in [9.17, 15) is 4.79 Å². The fourth-order valence-corrected chi connectivity index (χ4v) is 3.48. The van der Waals surface area contributed by atoms with Crippen molar-refractivity contribution in [1.82, 2.24) is 10.2 Å². The van der Waals surface area contributed by atoms with Crippen molar-refractivity contribution in [3.8, 4) is 11.5 Å². The fourth-order valence-electron chi connectivity index (χ4n) is 3.48. The molecule has 1 aliphatic heterocycles. The van der Waals surface area contributed by atoms with Gasteiger partial charge in [-0.25, -0.2) is 0 Å². The number of hydrogen-bond donors (Lipinski definition) is 1. The topological polar surface area (TPSA) is 50.8 Å². The van der Waals surface area contributed by atoms with Crippen molar-refractivity contribution < 1.29 is 14.3 Å². The summed E-state index contributed by atoms with van der Waals surface area (Å²) in [6.45, 7) is 7.71. The number of nitrogens with one attached hydrogen (secondary N) is 1. The maximum Gasteiger partial charge on any atom is 0.253 e. The van der Waals surface area contributed by atoms with Crippen LogP contribution in [0.4, 0.5) is 0 Å². The molecule has 2 aromatic carbocycles. The molecule has 0 saturated carbocycles. The molecule has 0 spiro atoms. The minimum absolute atomic E-state index is 0.109. The lowest BCUT2D eigenvalue weighted by atomic mass is 10.1. The number of rotatable bonds is 9. The van der Waals surface area contributed by atoms with Crippen molar-refractivity contribution in [3.63, 3.8) is 0 Å². The number of likely N-dealkylation sites (tertiary alicyclic amines) is 1. The van der Waals surface area contributed by atoms with Gasteiger partial charge in [0, 0.05) is 31.7 Å². The minimum atomic E-state index is 0.109. The Bertz CT molecular complexity index is 785. The van der Waals surface area contributed by atoms with E-state index < -0.39 is 0 Å². The zero-order valence-electron chi connectivity index (χ0n) is 17.5. The number of nitrogens with zero attached hydrogens (tertiary/aromatic N) is 1. The number of piperidine rings is 1. The first-order chi connectivity index (χ1) is 14.1. The second-order valence-electron chi connectivity index (χ2n) is 7.69. The first kappa shape index (κ1) is 21.2. The lowest BCUT2D eigenvalue weighted by Gasteiger charge is -2.26. The van der Waals surface area contributed by atoms with Crippen molar-refractivity contribution in [3.05, 3.63) is 59.7 Å². The van der Waals surface area contributed by atoms with E-state index in [1.54, 1.807) is 0 Å². The molecule has 1 heterocycles. The van der Waals surface area contributed by atoms with Gasteiger partial charge in [0.25, 0.3) is 5.91 Å². The molecule has 0 aromatic heterocycles. The molecule has 156 valence electrons. The Balaban J connectivity index is 1.45. The highest BCUT2D eigenvalue weighted by molar-refractivity contribution is 5.94. The van der Waals surface area contributed by atoms with Crippen molar-refractivity contribution in [2.75, 3.05) is 26.2 Å². The zero-order valence-corrected chi connectivity index (χ0v) is 17.5. The average Bonchev–Trinajstić information content (AvgIpc) is 2.74. The van der Waals surface area contributed by atoms with Gasteiger partial charge in [0.2, 0.25) is 0 Å². The summed E-state index contributed by atoms with van der Waals surface area (Å²) in [6, 6.07) is 15.7. The van der Waals surface area contributed by atoms with Gasteiger partial charge >= 0.3 is 0 Å². The number of carbonyl (C=O) groups is 1. The number of hydrogen-bond acceptors (Lipinski definition) is 4. The third kappa shape index (κ3) is 6.50. The van der Waals surface area contributed by atoms with Gasteiger partial charge in [-0.3, -0.25) is 4.79 Å². The predicted molar refractivity (Wildman–Crippen MR) is 116 cm³/mol. The van der Waals surface area contributed by atoms with E-state index in [0.717, 1.165) is 48.6 Å². The first-order valence-electron chi connectivity index (χ1n) is 10.6. The number of carbonyl (C=O) groups excluding carboxylic acids is 1. The van der Waals surface area contributed by atoms with Crippen LogP contribution >= 0.6 is 0 Å². The van der Waals surface area contributed by atoms with E-state index in [2.05, 4.69) is 5.32 Å². The molecule has 2 aromatic rings. The molecule has 1 saturated heterocycles. The number of amides is 1. The third-order valence-electron chi connectivity index (χ3n) is 4.89. The maximum absolute atomic E-state index is 12.7. The van der Waals surface area contributed by atoms with Crippen LogP contribution in [0.1, 0.15) is 49.0 Å². The highest BCUT2D eigenvalue weighted by Gasteiger charge is 2.18. The van der Waals surface area contributed by atoms with Gasteiger partial charge in [-0.1, -0.05) is 24.3 Å². The van der Waals surface area contributed by atoms with Crippen LogP contribution in [0.2, 0.25) is 0 Å². The van der Waals surface area contributed by atoms with Gasteiger partial charge in [-0.2, -0.15) is 0 Å². The molecule has 1 amide bonds. The SMILES string of the molecule is CC(C)Oc1ccccc1OCCNCc1cccc(C(=O)N2CCCCC2)c1. The Kier molecular flexibility index (Phi) is 7.94. The van der Waals surface area contributed by atoms with E-state index in [1.165, 1.54) is 6.42 Å². The number of para-hydroxylation sites is 2. The molecule has 0 radical (unpaired) electrons. The minimum Gasteiger partial charge on any atom is -0.488 e. The predicted octanol–water partition coefficient (Wildman–Crippen LogP) is 4.27. The molecular weight excluding hydrogens is 364 g/mol. The molecule has 0 unspecified atom stereocenters. The van der Waals surface area contributed by atoms with E-state index >= 15 is 0 Å². The Morgan fingerprint density at radius 3 is 2.55 bits per heavy atom. The fraction of sp³-hybridized carbons (Fsp3) is 0.458. The summed E-state index contributed by atoms with van der Waals surface area (Å²) < 4.78 is 11.6. The summed E-state index contributed by atoms with van der Waals surface area (Å²) in [6.07, 6.45) is 3.55. The Morgan fingerprint density at radius 2 is 1.79 bits per heavy atom. The summed E-state index contributed by atoms with van der Waals surface area (Å²) >= 11 is 0. The van der Waals surface area contributed by atoms with Gasteiger partial charge in [-0.15, -0.1) is 0 Å².